The maximum Gasteiger partial charge on any atom is 0.308 e. The Hall–Kier alpha value is -2.73. The van der Waals surface area contributed by atoms with Crippen LogP contribution in [0, 0.1) is 5.82 Å². The van der Waals surface area contributed by atoms with E-state index in [2.05, 4.69) is 15.5 Å². The summed E-state index contributed by atoms with van der Waals surface area (Å²) in [5.41, 5.74) is 1.56. The highest BCUT2D eigenvalue weighted by atomic mass is 35.5. The Morgan fingerprint density at radius 3 is 2.71 bits per heavy atom. The van der Waals surface area contributed by atoms with Gasteiger partial charge in [-0.25, -0.2) is 4.39 Å². The Morgan fingerprint density at radius 2 is 1.96 bits per heavy atom. The normalized spacial score (nSPS) is 10.6. The summed E-state index contributed by atoms with van der Waals surface area (Å²) in [5.74, 6) is -0.648. The lowest BCUT2D eigenvalue weighted by Crippen LogP contribution is -2.26. The molecule has 0 aliphatic carbocycles. The zero-order chi connectivity index (χ0) is 16.9. The summed E-state index contributed by atoms with van der Waals surface area (Å²) in [7, 11) is 0. The molecular formula is C17H13ClFN3O2. The molecule has 0 bridgehead atoms. The molecule has 0 saturated carbocycles. The van der Waals surface area contributed by atoms with Gasteiger partial charge in [-0.2, -0.15) is 0 Å². The zero-order valence-electron chi connectivity index (χ0n) is 12.5. The second-order valence-corrected chi connectivity index (χ2v) is 5.49. The van der Waals surface area contributed by atoms with E-state index in [1.807, 2.05) is 0 Å². The predicted octanol–water partition coefficient (Wildman–Crippen LogP) is 3.50. The lowest BCUT2D eigenvalue weighted by molar-refractivity contribution is 0.0920. The lowest BCUT2D eigenvalue weighted by Gasteiger charge is -2.02. The molecule has 1 heterocycles. The summed E-state index contributed by atoms with van der Waals surface area (Å²) < 4.78 is 18.2. The SMILES string of the molecule is O=C(NCCc1ccc(F)cc1)c1nnc(-c2cccc(Cl)c2)o1. The number of amides is 1. The number of rotatable bonds is 5. The van der Waals surface area contributed by atoms with Crippen LogP contribution in [0.25, 0.3) is 11.5 Å². The third-order valence-electron chi connectivity index (χ3n) is 3.30. The second kappa shape index (κ2) is 7.23. The Labute approximate surface area is 142 Å². The average Bonchev–Trinajstić information content (AvgIpc) is 3.07. The molecule has 0 aliphatic heterocycles. The summed E-state index contributed by atoms with van der Waals surface area (Å²) in [5, 5.41) is 10.8. The van der Waals surface area contributed by atoms with Gasteiger partial charge in [-0.05, 0) is 42.3 Å². The van der Waals surface area contributed by atoms with E-state index in [0.717, 1.165) is 5.56 Å². The van der Waals surface area contributed by atoms with Gasteiger partial charge in [0.15, 0.2) is 0 Å². The van der Waals surface area contributed by atoms with Crippen molar-refractivity contribution in [3.05, 3.63) is 70.8 Å². The average molecular weight is 346 g/mol. The van der Waals surface area contributed by atoms with Crippen LogP contribution < -0.4 is 5.32 Å². The molecule has 0 radical (unpaired) electrons. The molecule has 1 aromatic heterocycles. The molecule has 1 N–H and O–H groups in total. The molecule has 1 amide bonds. The minimum Gasteiger partial charge on any atom is -0.412 e. The number of hydrogen-bond acceptors (Lipinski definition) is 4. The number of aromatic nitrogens is 2. The number of carbonyl (C=O) groups excluding carboxylic acids is 1. The van der Waals surface area contributed by atoms with E-state index in [9.17, 15) is 9.18 Å². The first-order valence-corrected chi connectivity index (χ1v) is 7.62. The largest absolute Gasteiger partial charge is 0.412 e. The van der Waals surface area contributed by atoms with Gasteiger partial charge in [0, 0.05) is 17.1 Å². The molecule has 7 heteroatoms. The molecule has 0 atom stereocenters. The topological polar surface area (TPSA) is 68.0 Å². The van der Waals surface area contributed by atoms with Crippen molar-refractivity contribution >= 4 is 17.5 Å². The van der Waals surface area contributed by atoms with Crippen molar-refractivity contribution in [2.75, 3.05) is 6.54 Å². The molecule has 3 rings (SSSR count). The van der Waals surface area contributed by atoms with E-state index >= 15 is 0 Å². The van der Waals surface area contributed by atoms with Crippen molar-refractivity contribution in [1.82, 2.24) is 15.5 Å². The van der Waals surface area contributed by atoms with Crippen molar-refractivity contribution in [2.45, 2.75) is 6.42 Å². The molecule has 0 fully saturated rings. The Balaban J connectivity index is 1.58. The lowest BCUT2D eigenvalue weighted by atomic mass is 10.1. The molecule has 0 unspecified atom stereocenters. The molecule has 3 aromatic rings. The number of halogens is 2. The highest BCUT2D eigenvalue weighted by Gasteiger charge is 2.15. The van der Waals surface area contributed by atoms with Crippen molar-refractivity contribution in [1.29, 1.82) is 0 Å². The third kappa shape index (κ3) is 3.97. The van der Waals surface area contributed by atoms with E-state index in [-0.39, 0.29) is 17.6 Å². The van der Waals surface area contributed by atoms with Crippen LogP contribution in [-0.2, 0) is 6.42 Å². The quantitative estimate of drug-likeness (QED) is 0.768. The van der Waals surface area contributed by atoms with Gasteiger partial charge in [-0.1, -0.05) is 29.8 Å². The van der Waals surface area contributed by atoms with Crippen molar-refractivity contribution in [2.24, 2.45) is 0 Å². The Bertz CT molecular complexity index is 849. The predicted molar refractivity (Wildman–Crippen MR) is 87.2 cm³/mol. The van der Waals surface area contributed by atoms with Crippen LogP contribution in [0.3, 0.4) is 0 Å². The molecule has 5 nitrogen and oxygen atoms in total. The van der Waals surface area contributed by atoms with Gasteiger partial charge in [0.05, 0.1) is 0 Å². The van der Waals surface area contributed by atoms with Crippen LogP contribution in [-0.4, -0.2) is 22.6 Å². The first kappa shape index (κ1) is 16.1. The summed E-state index contributed by atoms with van der Waals surface area (Å²) in [6, 6.07) is 13.0. The minimum atomic E-state index is -0.460. The standard InChI is InChI=1S/C17H13ClFN3O2/c18-13-3-1-2-12(10-13)16-21-22-17(24-16)15(23)20-9-8-11-4-6-14(19)7-5-11/h1-7,10H,8-9H2,(H,20,23). The number of nitrogens with one attached hydrogen (secondary N) is 1. The van der Waals surface area contributed by atoms with Crippen LogP contribution in [0.4, 0.5) is 4.39 Å². The van der Waals surface area contributed by atoms with Gasteiger partial charge >= 0.3 is 11.8 Å². The van der Waals surface area contributed by atoms with Gasteiger partial charge in [-0.15, -0.1) is 10.2 Å². The van der Waals surface area contributed by atoms with Crippen LogP contribution in [0.15, 0.2) is 52.9 Å². The van der Waals surface area contributed by atoms with Crippen LogP contribution in [0.5, 0.6) is 0 Å². The Kier molecular flexibility index (Phi) is 4.86. The molecular weight excluding hydrogens is 333 g/mol. The molecule has 122 valence electrons. The van der Waals surface area contributed by atoms with Gasteiger partial charge < -0.3 is 9.73 Å². The fourth-order valence-electron chi connectivity index (χ4n) is 2.10. The highest BCUT2D eigenvalue weighted by Crippen LogP contribution is 2.21. The van der Waals surface area contributed by atoms with Gasteiger partial charge in [0.2, 0.25) is 5.89 Å². The van der Waals surface area contributed by atoms with Crippen LogP contribution in [0.2, 0.25) is 5.02 Å². The number of nitrogens with zero attached hydrogens (tertiary/aromatic N) is 2. The summed E-state index contributed by atoms with van der Waals surface area (Å²) in [4.78, 5) is 12.0. The third-order valence-corrected chi connectivity index (χ3v) is 3.54. The van der Waals surface area contributed by atoms with Crippen LogP contribution >= 0.6 is 11.6 Å². The zero-order valence-corrected chi connectivity index (χ0v) is 13.3. The summed E-state index contributed by atoms with van der Waals surface area (Å²) in [6.45, 7) is 0.374. The Morgan fingerprint density at radius 1 is 1.17 bits per heavy atom. The fraction of sp³-hybridized carbons (Fsp3) is 0.118. The van der Waals surface area contributed by atoms with E-state index in [1.165, 1.54) is 12.1 Å². The van der Waals surface area contributed by atoms with E-state index in [4.69, 9.17) is 16.0 Å². The molecule has 2 aromatic carbocycles. The van der Waals surface area contributed by atoms with E-state index in [1.54, 1.807) is 36.4 Å². The monoisotopic (exact) mass is 345 g/mol. The van der Waals surface area contributed by atoms with Gasteiger partial charge in [0.25, 0.3) is 0 Å². The van der Waals surface area contributed by atoms with Crippen molar-refractivity contribution in [3.8, 4) is 11.5 Å². The van der Waals surface area contributed by atoms with Crippen LogP contribution in [0.1, 0.15) is 16.2 Å². The molecule has 0 saturated heterocycles. The first-order chi connectivity index (χ1) is 11.6. The first-order valence-electron chi connectivity index (χ1n) is 7.24. The van der Waals surface area contributed by atoms with Gasteiger partial charge in [-0.3, -0.25) is 4.79 Å². The fourth-order valence-corrected chi connectivity index (χ4v) is 2.29. The smallest absolute Gasteiger partial charge is 0.308 e. The van der Waals surface area contributed by atoms with E-state index in [0.29, 0.717) is 23.6 Å². The summed E-state index contributed by atoms with van der Waals surface area (Å²) >= 11 is 5.91. The highest BCUT2D eigenvalue weighted by molar-refractivity contribution is 6.30. The molecule has 0 aliphatic rings. The maximum atomic E-state index is 12.8. The number of hydrogen-bond donors (Lipinski definition) is 1. The summed E-state index contributed by atoms with van der Waals surface area (Å²) in [6.07, 6.45) is 0.571. The molecule has 24 heavy (non-hydrogen) atoms. The number of benzene rings is 2. The van der Waals surface area contributed by atoms with Crippen molar-refractivity contribution < 1.29 is 13.6 Å². The number of carbonyl (C=O) groups is 1. The second-order valence-electron chi connectivity index (χ2n) is 5.06. The minimum absolute atomic E-state index is 0.121. The van der Waals surface area contributed by atoms with E-state index < -0.39 is 5.91 Å². The van der Waals surface area contributed by atoms with Crippen molar-refractivity contribution in [3.63, 3.8) is 0 Å². The maximum absolute atomic E-state index is 12.8. The molecule has 0 spiro atoms. The van der Waals surface area contributed by atoms with Gasteiger partial charge in [0.1, 0.15) is 5.82 Å².